The van der Waals surface area contributed by atoms with Crippen molar-refractivity contribution in [2.75, 3.05) is 7.05 Å². The monoisotopic (exact) mass is 295 g/mol. The molecule has 0 amide bonds. The molecular formula is C18H27F2N. The first-order valence-electron chi connectivity index (χ1n) is 8.03. The van der Waals surface area contributed by atoms with Gasteiger partial charge in [-0.05, 0) is 50.1 Å². The molecule has 1 aromatic carbocycles. The van der Waals surface area contributed by atoms with Crippen molar-refractivity contribution in [3.8, 4) is 0 Å². The summed E-state index contributed by atoms with van der Waals surface area (Å²) in [6.45, 7) is 6.02. The van der Waals surface area contributed by atoms with Crippen LogP contribution in [0.4, 0.5) is 8.78 Å². The number of benzene rings is 1. The number of aryl methyl sites for hydroxylation is 1. The summed E-state index contributed by atoms with van der Waals surface area (Å²) in [5.74, 6) is -0.827. The van der Waals surface area contributed by atoms with Crippen LogP contribution in [0.2, 0.25) is 0 Å². The number of hydrogen-bond acceptors (Lipinski definition) is 1. The van der Waals surface area contributed by atoms with Gasteiger partial charge in [0.15, 0.2) is 11.6 Å². The molecule has 1 saturated carbocycles. The normalized spacial score (nSPS) is 19.2. The molecule has 1 aliphatic rings. The zero-order chi connectivity index (χ0) is 15.6. The first-order valence-corrected chi connectivity index (χ1v) is 8.03. The number of nitrogens with one attached hydrogen (secondary N) is 1. The molecule has 1 nitrogen and oxygen atoms in total. The average Bonchev–Trinajstić information content (AvgIpc) is 2.88. The van der Waals surface area contributed by atoms with E-state index in [1.165, 1.54) is 12.8 Å². The second-order valence-electron chi connectivity index (χ2n) is 6.99. The third-order valence-electron chi connectivity index (χ3n) is 4.93. The Kier molecular flexibility index (Phi) is 5.03. The van der Waals surface area contributed by atoms with Gasteiger partial charge in [-0.1, -0.05) is 38.8 Å². The van der Waals surface area contributed by atoms with E-state index in [-0.39, 0.29) is 11.5 Å². The summed E-state index contributed by atoms with van der Waals surface area (Å²) in [4.78, 5) is 0. The van der Waals surface area contributed by atoms with Crippen molar-refractivity contribution in [1.82, 2.24) is 5.32 Å². The smallest absolute Gasteiger partial charge is 0.163 e. The molecule has 0 heterocycles. The summed E-state index contributed by atoms with van der Waals surface area (Å²) in [7, 11) is 1.86. The molecule has 0 bridgehead atoms. The van der Waals surface area contributed by atoms with Crippen molar-refractivity contribution in [2.45, 2.75) is 58.9 Å². The molecule has 1 fully saturated rings. The van der Waals surface area contributed by atoms with Gasteiger partial charge < -0.3 is 5.32 Å². The zero-order valence-corrected chi connectivity index (χ0v) is 13.6. The van der Waals surface area contributed by atoms with Gasteiger partial charge >= 0.3 is 0 Å². The van der Waals surface area contributed by atoms with E-state index in [1.54, 1.807) is 19.1 Å². The fourth-order valence-corrected chi connectivity index (χ4v) is 4.18. The molecule has 21 heavy (non-hydrogen) atoms. The van der Waals surface area contributed by atoms with Crippen LogP contribution in [-0.4, -0.2) is 7.05 Å². The quantitative estimate of drug-likeness (QED) is 0.793. The Bertz CT molecular complexity index is 490. The third-order valence-corrected chi connectivity index (χ3v) is 4.93. The maximum absolute atomic E-state index is 14.4. The van der Waals surface area contributed by atoms with Crippen LogP contribution in [0.1, 0.15) is 63.1 Å². The lowest BCUT2D eigenvalue weighted by Crippen LogP contribution is -2.36. The van der Waals surface area contributed by atoms with Gasteiger partial charge in [0.05, 0.1) is 0 Å². The lowest BCUT2D eigenvalue weighted by Gasteiger charge is -2.39. The second kappa shape index (κ2) is 6.43. The van der Waals surface area contributed by atoms with Gasteiger partial charge in [0.1, 0.15) is 0 Å². The van der Waals surface area contributed by atoms with Crippen molar-refractivity contribution in [2.24, 2.45) is 11.3 Å². The van der Waals surface area contributed by atoms with Crippen LogP contribution in [0.15, 0.2) is 12.1 Å². The van der Waals surface area contributed by atoms with Crippen LogP contribution in [0.5, 0.6) is 0 Å². The molecule has 1 unspecified atom stereocenters. The minimum Gasteiger partial charge on any atom is -0.312 e. The Balaban J connectivity index is 2.44. The van der Waals surface area contributed by atoms with Gasteiger partial charge in [-0.2, -0.15) is 0 Å². The van der Waals surface area contributed by atoms with Crippen LogP contribution in [0.25, 0.3) is 0 Å². The summed E-state index contributed by atoms with van der Waals surface area (Å²) in [6.07, 6.45) is 5.59. The van der Waals surface area contributed by atoms with Crippen LogP contribution >= 0.6 is 0 Å². The predicted molar refractivity (Wildman–Crippen MR) is 83.3 cm³/mol. The van der Waals surface area contributed by atoms with E-state index < -0.39 is 11.6 Å². The zero-order valence-electron chi connectivity index (χ0n) is 13.6. The highest BCUT2D eigenvalue weighted by Crippen LogP contribution is 2.52. The standard InChI is InChI=1S/C18H27F2N/c1-12(2)11-18(9-5-6-10-18)17(21-4)14-8-7-13(3)15(19)16(14)20/h7-8,12,17,21H,5-6,9-11H2,1-4H3. The number of rotatable bonds is 5. The van der Waals surface area contributed by atoms with Crippen molar-refractivity contribution >= 4 is 0 Å². The van der Waals surface area contributed by atoms with Crippen LogP contribution in [-0.2, 0) is 0 Å². The Morgan fingerprint density at radius 3 is 2.29 bits per heavy atom. The van der Waals surface area contributed by atoms with Crippen LogP contribution in [0.3, 0.4) is 0 Å². The topological polar surface area (TPSA) is 12.0 Å². The molecule has 1 aliphatic carbocycles. The Labute approximate surface area is 127 Å². The second-order valence-corrected chi connectivity index (χ2v) is 6.99. The van der Waals surface area contributed by atoms with E-state index in [4.69, 9.17) is 0 Å². The highest BCUT2D eigenvalue weighted by Gasteiger charge is 2.42. The van der Waals surface area contributed by atoms with Crippen molar-refractivity contribution in [3.63, 3.8) is 0 Å². The lowest BCUT2D eigenvalue weighted by molar-refractivity contribution is 0.158. The van der Waals surface area contributed by atoms with Crippen molar-refractivity contribution < 1.29 is 8.78 Å². The minimum absolute atomic E-state index is 0.0471. The van der Waals surface area contributed by atoms with E-state index in [9.17, 15) is 8.78 Å². The fourth-order valence-electron chi connectivity index (χ4n) is 4.18. The van der Waals surface area contributed by atoms with Gasteiger partial charge in [0.2, 0.25) is 0 Å². The first-order chi connectivity index (χ1) is 9.91. The highest BCUT2D eigenvalue weighted by molar-refractivity contribution is 5.29. The lowest BCUT2D eigenvalue weighted by atomic mass is 9.70. The molecule has 118 valence electrons. The Morgan fingerprint density at radius 1 is 1.14 bits per heavy atom. The molecule has 3 heteroatoms. The van der Waals surface area contributed by atoms with Gasteiger partial charge in [-0.15, -0.1) is 0 Å². The molecule has 1 aromatic rings. The molecule has 2 rings (SSSR count). The van der Waals surface area contributed by atoms with Crippen molar-refractivity contribution in [1.29, 1.82) is 0 Å². The van der Waals surface area contributed by atoms with Gasteiger partial charge in [-0.25, -0.2) is 8.78 Å². The van der Waals surface area contributed by atoms with Crippen molar-refractivity contribution in [3.05, 3.63) is 34.9 Å². The summed E-state index contributed by atoms with van der Waals surface area (Å²) < 4.78 is 28.4. The summed E-state index contributed by atoms with van der Waals surface area (Å²) in [5, 5.41) is 3.29. The maximum atomic E-state index is 14.4. The fraction of sp³-hybridized carbons (Fsp3) is 0.667. The third kappa shape index (κ3) is 3.13. The van der Waals surface area contributed by atoms with Crippen LogP contribution in [0, 0.1) is 29.9 Å². The highest BCUT2D eigenvalue weighted by atomic mass is 19.2. The molecule has 1 N–H and O–H groups in total. The van der Waals surface area contributed by atoms with E-state index in [0.717, 1.165) is 19.3 Å². The van der Waals surface area contributed by atoms with Gasteiger partial charge in [0.25, 0.3) is 0 Å². The van der Waals surface area contributed by atoms with E-state index in [1.807, 2.05) is 7.05 Å². The van der Waals surface area contributed by atoms with Gasteiger partial charge in [0, 0.05) is 11.6 Å². The van der Waals surface area contributed by atoms with Gasteiger partial charge in [-0.3, -0.25) is 0 Å². The number of halogens is 2. The molecular weight excluding hydrogens is 268 g/mol. The molecule has 0 aromatic heterocycles. The Morgan fingerprint density at radius 2 is 1.76 bits per heavy atom. The van der Waals surface area contributed by atoms with E-state index in [2.05, 4.69) is 19.2 Å². The average molecular weight is 295 g/mol. The van der Waals surface area contributed by atoms with E-state index >= 15 is 0 Å². The molecule has 1 atom stereocenters. The predicted octanol–water partition coefficient (Wildman–Crippen LogP) is 5.14. The summed E-state index contributed by atoms with van der Waals surface area (Å²) >= 11 is 0. The molecule has 0 radical (unpaired) electrons. The van der Waals surface area contributed by atoms with Crippen LogP contribution < -0.4 is 5.32 Å². The summed E-state index contributed by atoms with van der Waals surface area (Å²) in [5.41, 5.74) is 0.907. The first kappa shape index (κ1) is 16.4. The SMILES string of the molecule is CNC(c1ccc(C)c(F)c1F)C1(CC(C)C)CCCC1. The molecule has 0 aliphatic heterocycles. The summed E-state index contributed by atoms with van der Waals surface area (Å²) in [6, 6.07) is 3.34. The number of hydrogen-bond donors (Lipinski definition) is 1. The Hall–Kier alpha value is -0.960. The van der Waals surface area contributed by atoms with E-state index in [0.29, 0.717) is 17.0 Å². The molecule has 0 spiro atoms. The largest absolute Gasteiger partial charge is 0.312 e. The minimum atomic E-state index is -0.703. The maximum Gasteiger partial charge on any atom is 0.163 e. The molecule has 0 saturated heterocycles.